The van der Waals surface area contributed by atoms with Gasteiger partial charge in [0.15, 0.2) is 0 Å². The fourth-order valence-corrected chi connectivity index (χ4v) is 8.98. The number of nitrogens with two attached hydrogens (primary N) is 1. The largest absolute Gasteiger partial charge is 0.481 e. The third-order valence-electron chi connectivity index (χ3n) is 13.4. The molecule has 0 aliphatic rings. The number of aliphatic carboxylic acids is 5. The number of aryl methyl sites for hydroxylation is 1. The lowest BCUT2D eigenvalue weighted by molar-refractivity contribution is -0.144. The number of carbonyl (C=O) groups excluding carboxylic acids is 11. The van der Waals surface area contributed by atoms with Gasteiger partial charge in [-0.2, -0.15) is 0 Å². The van der Waals surface area contributed by atoms with Crippen molar-refractivity contribution in [2.45, 2.75) is 159 Å². The number of hydrogen-bond donors (Lipinski definition) is 17. The molecule has 1 heterocycles. The second-order valence-corrected chi connectivity index (χ2v) is 22.5. The third-order valence-corrected chi connectivity index (χ3v) is 13.4. The number of amides is 11. The summed E-state index contributed by atoms with van der Waals surface area (Å²) in [6.45, 7) is 4.93. The van der Waals surface area contributed by atoms with E-state index in [1.807, 2.05) is 41.3 Å². The molecule has 0 aliphatic carbocycles. The minimum absolute atomic E-state index is 0.0959. The summed E-state index contributed by atoms with van der Waals surface area (Å²) in [7, 11) is 0. The van der Waals surface area contributed by atoms with Crippen LogP contribution in [0.4, 0.5) is 0 Å². The highest BCUT2D eigenvalue weighted by atomic mass is 16.4. The highest BCUT2D eigenvalue weighted by Gasteiger charge is 2.36. The van der Waals surface area contributed by atoms with Crippen molar-refractivity contribution in [1.82, 2.24) is 73.5 Å². The molecule has 8 unspecified atom stereocenters. The van der Waals surface area contributed by atoms with Gasteiger partial charge in [-0.25, -0.2) is 0 Å². The summed E-state index contributed by atoms with van der Waals surface area (Å²) in [5, 5.41) is 80.5. The number of unbranched alkanes of at least 4 members (excludes halogenated alkanes) is 1. The first-order chi connectivity index (χ1) is 44.8. The lowest BCUT2D eigenvalue weighted by atomic mass is 10.0. The summed E-state index contributed by atoms with van der Waals surface area (Å²) in [4.78, 5) is 205. The first-order valence-corrected chi connectivity index (χ1v) is 29.8. The average Bonchev–Trinajstić information content (AvgIpc) is 1.52. The van der Waals surface area contributed by atoms with E-state index in [4.69, 9.17) is 5.73 Å². The molecular weight excluding hydrogens is 1250 g/mol. The van der Waals surface area contributed by atoms with Crippen molar-refractivity contribution in [2.24, 2.45) is 11.7 Å². The van der Waals surface area contributed by atoms with Gasteiger partial charge in [-0.05, 0) is 42.7 Å². The van der Waals surface area contributed by atoms with Crippen LogP contribution in [-0.4, -0.2) is 209 Å². The number of nitrogens with zero attached hydrogens (tertiary/aromatic N) is 3. The maximum Gasteiger partial charge on any atom is 0.305 e. The predicted octanol–water partition coefficient (Wildman–Crippen LogP) is -4.90. The molecule has 3 rings (SSSR count). The minimum Gasteiger partial charge on any atom is -0.481 e. The standard InChI is InChI=1S/C59H81N15O21/c1-31(2)19-35-30-74(73-72-35)18-12-11-17-36(52(60)88)66-54(90)37(20-33-13-7-5-8-14-33)67-55(91)38(21-34-15-9-6-10-16-34)68-58(94)42(25-50(84)85)71-59(95)43(26-51(86)87)70-57(93)41(24-49(82)83)65-46(77)29-62-44(75)27-61-45(76)28-63-53(89)39(22-47(78)79)69-56(92)40(23-48(80)81)64-32(3)4/h5-10,13-16,30-32,36-43,64H,11-12,17-29H2,1-4H3,(H2,60,88)(H,61,76)(H,62,75)(H,63,89)(H,65,77)(H,66,90)(H,67,91)(H,68,94)(H,69,92)(H,70,93)(H,71,95)(H,78,79)(H,80,81)(H,82,83)(H,84,85)(H,86,87). The molecule has 518 valence electrons. The molecule has 18 N–H and O–H groups in total. The predicted molar refractivity (Wildman–Crippen MR) is 328 cm³/mol. The smallest absolute Gasteiger partial charge is 0.305 e. The average molecular weight is 1340 g/mol. The number of rotatable bonds is 44. The summed E-state index contributed by atoms with van der Waals surface area (Å²) < 4.78 is 1.66. The molecule has 0 fully saturated rings. The second kappa shape index (κ2) is 40.1. The van der Waals surface area contributed by atoms with E-state index < -0.39 is 201 Å². The molecule has 36 heteroatoms. The van der Waals surface area contributed by atoms with Gasteiger partial charge >= 0.3 is 29.8 Å². The number of carbonyl (C=O) groups is 16. The molecule has 0 saturated carbocycles. The van der Waals surface area contributed by atoms with E-state index in [-0.39, 0.29) is 19.3 Å². The SMILES string of the molecule is CC(C)Cc1cn(CCCCC(NC(=O)C(Cc2ccccc2)NC(=O)C(Cc2ccccc2)NC(=O)C(CC(=O)O)NC(=O)C(CC(=O)O)NC(=O)C(CC(=O)O)NC(=O)CNC(=O)CNC(=O)CNC(=O)C(CC(=O)O)NC(=O)C(CC(=O)O)NC(C)C)C(N)=O)nn1. The van der Waals surface area contributed by atoms with Crippen molar-refractivity contribution in [2.75, 3.05) is 19.6 Å². The van der Waals surface area contributed by atoms with Crippen LogP contribution in [0.2, 0.25) is 0 Å². The molecule has 2 aromatic carbocycles. The molecule has 1 aromatic heterocycles. The molecule has 0 aliphatic heterocycles. The Morgan fingerprint density at radius 2 is 0.779 bits per heavy atom. The number of aromatic nitrogens is 3. The van der Waals surface area contributed by atoms with Crippen molar-refractivity contribution in [3.63, 3.8) is 0 Å². The van der Waals surface area contributed by atoms with Crippen LogP contribution in [0, 0.1) is 5.92 Å². The van der Waals surface area contributed by atoms with Gasteiger partial charge in [0.05, 0.1) is 63.5 Å². The van der Waals surface area contributed by atoms with Crippen LogP contribution in [0.25, 0.3) is 0 Å². The summed E-state index contributed by atoms with van der Waals surface area (Å²) >= 11 is 0. The summed E-state index contributed by atoms with van der Waals surface area (Å²) in [6.07, 6.45) is -2.40. The number of primary amides is 1. The zero-order valence-electron chi connectivity index (χ0n) is 52.4. The molecule has 95 heavy (non-hydrogen) atoms. The number of carboxylic acid groups (broad SMARTS) is 5. The summed E-state index contributed by atoms with van der Waals surface area (Å²) in [6, 6.07) is 1.93. The third kappa shape index (κ3) is 31.3. The Labute approximate surface area is 543 Å². The fraction of sp³-hybridized carbons (Fsp3) is 0.492. The van der Waals surface area contributed by atoms with Crippen molar-refractivity contribution >= 4 is 94.8 Å². The van der Waals surface area contributed by atoms with Gasteiger partial charge in [0.1, 0.15) is 42.3 Å². The fourth-order valence-electron chi connectivity index (χ4n) is 8.98. The monoisotopic (exact) mass is 1340 g/mol. The molecule has 11 amide bonds. The van der Waals surface area contributed by atoms with Crippen LogP contribution in [0.3, 0.4) is 0 Å². The minimum atomic E-state index is -2.24. The van der Waals surface area contributed by atoms with Crippen LogP contribution < -0.4 is 64.2 Å². The Bertz CT molecular complexity index is 3200. The molecule has 36 nitrogen and oxygen atoms in total. The highest BCUT2D eigenvalue weighted by molar-refractivity contribution is 6.00. The van der Waals surface area contributed by atoms with Gasteiger partial charge in [-0.1, -0.05) is 93.6 Å². The van der Waals surface area contributed by atoms with E-state index in [1.165, 1.54) is 0 Å². The number of benzene rings is 2. The Kier molecular flexibility index (Phi) is 33.1. The topological polar surface area (TPSA) is 563 Å². The first kappa shape index (κ1) is 78.3. The van der Waals surface area contributed by atoms with E-state index in [0.29, 0.717) is 36.4 Å². The Balaban J connectivity index is 1.73. The van der Waals surface area contributed by atoms with Gasteiger partial charge in [0, 0.05) is 31.6 Å². The molecular formula is C59H81N15O21. The molecule has 0 radical (unpaired) electrons. The molecule has 0 bridgehead atoms. The van der Waals surface area contributed by atoms with Gasteiger partial charge in [-0.3, -0.25) is 81.4 Å². The van der Waals surface area contributed by atoms with E-state index in [9.17, 15) is 102 Å². The van der Waals surface area contributed by atoms with E-state index in [2.05, 4.69) is 47.5 Å². The van der Waals surface area contributed by atoms with Crippen LogP contribution in [-0.2, 0) is 103 Å². The normalized spacial score (nSPS) is 13.5. The van der Waals surface area contributed by atoms with Crippen molar-refractivity contribution in [3.05, 3.63) is 83.7 Å². The molecule has 0 spiro atoms. The maximum atomic E-state index is 14.5. The lowest BCUT2D eigenvalue weighted by Gasteiger charge is -2.27. The van der Waals surface area contributed by atoms with Crippen LogP contribution in [0.1, 0.15) is 95.9 Å². The van der Waals surface area contributed by atoms with Crippen molar-refractivity contribution < 1.29 is 102 Å². The number of hydrogen-bond acceptors (Lipinski definition) is 19. The van der Waals surface area contributed by atoms with Gasteiger partial charge in [0.25, 0.3) is 0 Å². The number of nitrogens with one attached hydrogen (secondary N) is 11. The first-order valence-electron chi connectivity index (χ1n) is 29.8. The summed E-state index contributed by atoms with van der Waals surface area (Å²) in [5.41, 5.74) is 7.52. The van der Waals surface area contributed by atoms with Gasteiger partial charge < -0.3 is 89.8 Å². The Morgan fingerprint density at radius 1 is 0.421 bits per heavy atom. The maximum absolute atomic E-state index is 14.5. The Morgan fingerprint density at radius 3 is 1.19 bits per heavy atom. The van der Waals surface area contributed by atoms with Gasteiger partial charge in [0.2, 0.25) is 65.0 Å². The quantitative estimate of drug-likeness (QED) is 0.0236. The molecule has 3 aromatic rings. The zero-order valence-corrected chi connectivity index (χ0v) is 52.4. The second-order valence-electron chi connectivity index (χ2n) is 22.5. The zero-order chi connectivity index (χ0) is 70.9. The van der Waals surface area contributed by atoms with Crippen LogP contribution in [0.5, 0.6) is 0 Å². The van der Waals surface area contributed by atoms with E-state index in [1.54, 1.807) is 79.2 Å². The van der Waals surface area contributed by atoms with E-state index in [0.717, 1.165) is 12.1 Å². The lowest BCUT2D eigenvalue weighted by Crippen LogP contribution is -2.60. The summed E-state index contributed by atoms with van der Waals surface area (Å²) in [5.74, 6) is -20.6. The Hall–Kier alpha value is -10.9. The van der Waals surface area contributed by atoms with Crippen LogP contribution in [0.15, 0.2) is 66.9 Å². The highest BCUT2D eigenvalue weighted by Crippen LogP contribution is 2.12. The molecule has 8 atom stereocenters. The van der Waals surface area contributed by atoms with Gasteiger partial charge in [-0.15, -0.1) is 5.10 Å². The van der Waals surface area contributed by atoms with Crippen molar-refractivity contribution in [1.29, 1.82) is 0 Å². The van der Waals surface area contributed by atoms with E-state index >= 15 is 0 Å². The van der Waals surface area contributed by atoms with Crippen LogP contribution >= 0.6 is 0 Å². The molecule has 0 saturated heterocycles. The number of carboxylic acids is 5. The van der Waals surface area contributed by atoms with Crippen molar-refractivity contribution in [3.8, 4) is 0 Å².